The van der Waals surface area contributed by atoms with Gasteiger partial charge < -0.3 is 5.73 Å². The van der Waals surface area contributed by atoms with Gasteiger partial charge in [0.15, 0.2) is 0 Å². The summed E-state index contributed by atoms with van der Waals surface area (Å²) < 4.78 is 0. The number of hydrogen-bond acceptors (Lipinski definition) is 2. The molecule has 1 aromatic carbocycles. The number of nitrogens with two attached hydrogens (primary N) is 1. The molecule has 0 radical (unpaired) electrons. The number of rotatable bonds is 2. The van der Waals surface area contributed by atoms with Gasteiger partial charge in [0.25, 0.3) is 0 Å². The maximum Gasteiger partial charge on any atom is 0.0700 e. The SMILES string of the molecule is Cc1cc(C)c(C)c(-c2[nH]ncc2CN)c1C. The summed E-state index contributed by atoms with van der Waals surface area (Å²) in [7, 11) is 0. The molecule has 0 atom stereocenters. The number of nitrogens with zero attached hydrogens (tertiary/aromatic N) is 1. The second-order valence-corrected chi connectivity index (χ2v) is 4.61. The molecule has 0 fully saturated rings. The van der Waals surface area contributed by atoms with E-state index >= 15 is 0 Å². The summed E-state index contributed by atoms with van der Waals surface area (Å²) in [4.78, 5) is 0. The molecule has 90 valence electrons. The lowest BCUT2D eigenvalue weighted by Gasteiger charge is -2.15. The molecule has 3 heteroatoms. The van der Waals surface area contributed by atoms with E-state index in [0.717, 1.165) is 11.3 Å². The average molecular weight is 229 g/mol. The maximum absolute atomic E-state index is 5.75. The molecular formula is C14H19N3. The van der Waals surface area contributed by atoms with Gasteiger partial charge in [-0.1, -0.05) is 6.07 Å². The zero-order chi connectivity index (χ0) is 12.6. The quantitative estimate of drug-likeness (QED) is 0.832. The first-order chi connectivity index (χ1) is 8.06. The van der Waals surface area contributed by atoms with Gasteiger partial charge in [-0.2, -0.15) is 5.10 Å². The first-order valence-corrected chi connectivity index (χ1v) is 5.86. The number of aromatic nitrogens is 2. The van der Waals surface area contributed by atoms with Crippen LogP contribution in [0.4, 0.5) is 0 Å². The maximum atomic E-state index is 5.75. The van der Waals surface area contributed by atoms with E-state index in [2.05, 4.69) is 44.0 Å². The van der Waals surface area contributed by atoms with Gasteiger partial charge in [-0.25, -0.2) is 0 Å². The molecule has 0 unspecified atom stereocenters. The lowest BCUT2D eigenvalue weighted by molar-refractivity contribution is 1.07. The fourth-order valence-corrected chi connectivity index (χ4v) is 2.27. The first kappa shape index (κ1) is 11.9. The van der Waals surface area contributed by atoms with Crippen molar-refractivity contribution in [2.75, 3.05) is 0 Å². The van der Waals surface area contributed by atoms with E-state index in [4.69, 9.17) is 5.73 Å². The number of aromatic amines is 1. The van der Waals surface area contributed by atoms with Crippen LogP contribution in [0.5, 0.6) is 0 Å². The van der Waals surface area contributed by atoms with Crippen molar-refractivity contribution in [2.45, 2.75) is 34.2 Å². The standard InChI is InChI=1S/C14H19N3/c1-8-5-9(2)11(4)13(10(8)3)14-12(6-15)7-16-17-14/h5,7H,6,15H2,1-4H3,(H,16,17). The lowest BCUT2D eigenvalue weighted by atomic mass is 9.91. The van der Waals surface area contributed by atoms with Gasteiger partial charge in [-0.05, 0) is 49.9 Å². The van der Waals surface area contributed by atoms with Crippen LogP contribution < -0.4 is 5.73 Å². The highest BCUT2D eigenvalue weighted by Gasteiger charge is 2.14. The van der Waals surface area contributed by atoms with E-state index in [0.29, 0.717) is 6.54 Å². The van der Waals surface area contributed by atoms with Gasteiger partial charge in [-0.3, -0.25) is 5.10 Å². The van der Waals surface area contributed by atoms with Crippen molar-refractivity contribution in [3.05, 3.63) is 40.1 Å². The summed E-state index contributed by atoms with van der Waals surface area (Å²) in [5.74, 6) is 0. The Morgan fingerprint density at radius 1 is 1.12 bits per heavy atom. The lowest BCUT2D eigenvalue weighted by Crippen LogP contribution is -2.01. The number of nitrogens with one attached hydrogen (secondary N) is 1. The Bertz CT molecular complexity index is 527. The van der Waals surface area contributed by atoms with Crippen molar-refractivity contribution in [1.29, 1.82) is 0 Å². The Morgan fingerprint density at radius 2 is 1.71 bits per heavy atom. The van der Waals surface area contributed by atoms with Crippen LogP contribution in [0, 0.1) is 27.7 Å². The van der Waals surface area contributed by atoms with Crippen molar-refractivity contribution in [3.8, 4) is 11.3 Å². The smallest absolute Gasteiger partial charge is 0.0700 e. The molecule has 0 spiro atoms. The Morgan fingerprint density at radius 3 is 2.24 bits per heavy atom. The Hall–Kier alpha value is -1.61. The Labute approximate surface area is 102 Å². The van der Waals surface area contributed by atoms with Gasteiger partial charge in [0.2, 0.25) is 0 Å². The summed E-state index contributed by atoms with van der Waals surface area (Å²) in [5, 5.41) is 7.18. The van der Waals surface area contributed by atoms with E-state index in [1.807, 2.05) is 6.20 Å². The van der Waals surface area contributed by atoms with Crippen molar-refractivity contribution in [2.24, 2.45) is 5.73 Å². The van der Waals surface area contributed by atoms with Crippen LogP contribution >= 0.6 is 0 Å². The molecule has 0 saturated heterocycles. The molecule has 0 aliphatic heterocycles. The van der Waals surface area contributed by atoms with E-state index in [-0.39, 0.29) is 0 Å². The highest BCUT2D eigenvalue weighted by Crippen LogP contribution is 2.31. The molecule has 0 amide bonds. The van der Waals surface area contributed by atoms with Gasteiger partial charge >= 0.3 is 0 Å². The summed E-state index contributed by atoms with van der Waals surface area (Å²) in [5.41, 5.74) is 14.3. The van der Waals surface area contributed by atoms with Gasteiger partial charge in [0, 0.05) is 17.7 Å². The third kappa shape index (κ3) is 1.87. The minimum atomic E-state index is 0.512. The number of aryl methyl sites for hydroxylation is 2. The highest BCUT2D eigenvalue weighted by atomic mass is 15.1. The van der Waals surface area contributed by atoms with Gasteiger partial charge in [0.05, 0.1) is 11.9 Å². The normalized spacial score (nSPS) is 10.9. The fourth-order valence-electron chi connectivity index (χ4n) is 2.27. The average Bonchev–Trinajstić information content (AvgIpc) is 2.75. The minimum Gasteiger partial charge on any atom is -0.326 e. The highest BCUT2D eigenvalue weighted by molar-refractivity contribution is 5.72. The van der Waals surface area contributed by atoms with E-state index in [1.54, 1.807) is 0 Å². The third-order valence-electron chi connectivity index (χ3n) is 3.55. The molecule has 0 bridgehead atoms. The molecule has 1 aromatic heterocycles. The molecular weight excluding hydrogens is 210 g/mol. The van der Waals surface area contributed by atoms with E-state index in [1.165, 1.54) is 27.8 Å². The van der Waals surface area contributed by atoms with Crippen LogP contribution in [0.3, 0.4) is 0 Å². The summed E-state index contributed by atoms with van der Waals surface area (Å²) in [6, 6.07) is 2.23. The van der Waals surface area contributed by atoms with Gasteiger partial charge in [-0.15, -0.1) is 0 Å². The largest absolute Gasteiger partial charge is 0.326 e. The predicted molar refractivity (Wildman–Crippen MR) is 70.9 cm³/mol. The topological polar surface area (TPSA) is 54.7 Å². The van der Waals surface area contributed by atoms with Crippen molar-refractivity contribution in [3.63, 3.8) is 0 Å². The molecule has 3 nitrogen and oxygen atoms in total. The van der Waals surface area contributed by atoms with Crippen LogP contribution in [0.2, 0.25) is 0 Å². The molecule has 2 rings (SSSR count). The first-order valence-electron chi connectivity index (χ1n) is 5.86. The minimum absolute atomic E-state index is 0.512. The molecule has 3 N–H and O–H groups in total. The molecule has 2 aromatic rings. The number of hydrogen-bond donors (Lipinski definition) is 2. The molecule has 0 aliphatic carbocycles. The van der Waals surface area contributed by atoms with Gasteiger partial charge in [0.1, 0.15) is 0 Å². The zero-order valence-corrected chi connectivity index (χ0v) is 10.9. The molecule has 1 heterocycles. The summed E-state index contributed by atoms with van der Waals surface area (Å²) in [6.45, 7) is 9.10. The second kappa shape index (κ2) is 4.34. The fraction of sp³-hybridized carbons (Fsp3) is 0.357. The van der Waals surface area contributed by atoms with Crippen molar-refractivity contribution < 1.29 is 0 Å². The molecule has 0 aliphatic rings. The third-order valence-corrected chi connectivity index (χ3v) is 3.55. The summed E-state index contributed by atoms with van der Waals surface area (Å²) in [6.07, 6.45) is 1.81. The second-order valence-electron chi connectivity index (χ2n) is 4.61. The predicted octanol–water partition coefficient (Wildman–Crippen LogP) is 2.77. The summed E-state index contributed by atoms with van der Waals surface area (Å²) >= 11 is 0. The molecule has 17 heavy (non-hydrogen) atoms. The molecule has 0 saturated carbocycles. The Balaban J connectivity index is 2.75. The Kier molecular flexibility index (Phi) is 3.03. The van der Waals surface area contributed by atoms with Crippen LogP contribution in [0.15, 0.2) is 12.3 Å². The monoisotopic (exact) mass is 229 g/mol. The van der Waals surface area contributed by atoms with Crippen LogP contribution in [0.1, 0.15) is 27.8 Å². The van der Waals surface area contributed by atoms with Crippen molar-refractivity contribution >= 4 is 0 Å². The van der Waals surface area contributed by atoms with Crippen LogP contribution in [-0.2, 0) is 6.54 Å². The number of H-pyrrole nitrogens is 1. The van der Waals surface area contributed by atoms with Crippen LogP contribution in [-0.4, -0.2) is 10.2 Å². The van der Waals surface area contributed by atoms with E-state index < -0.39 is 0 Å². The van der Waals surface area contributed by atoms with Crippen molar-refractivity contribution in [1.82, 2.24) is 10.2 Å². The number of benzene rings is 1. The zero-order valence-electron chi connectivity index (χ0n) is 10.9. The van der Waals surface area contributed by atoms with Crippen LogP contribution in [0.25, 0.3) is 11.3 Å². The van der Waals surface area contributed by atoms with E-state index in [9.17, 15) is 0 Å².